The Labute approximate surface area is 131 Å². The third-order valence-electron chi connectivity index (χ3n) is 5.03. The van der Waals surface area contributed by atoms with E-state index in [-0.39, 0.29) is 25.0 Å². The zero-order valence-corrected chi connectivity index (χ0v) is 13.7. The van der Waals surface area contributed by atoms with Gasteiger partial charge in [-0.3, -0.25) is 0 Å². The van der Waals surface area contributed by atoms with Crippen molar-refractivity contribution in [2.45, 2.75) is 58.3 Å². The average molecular weight is 294 g/mol. The number of hydrogen-bond acceptors (Lipinski definition) is 2. The van der Waals surface area contributed by atoms with Crippen molar-refractivity contribution >= 4 is 0 Å². The van der Waals surface area contributed by atoms with E-state index >= 15 is 0 Å². The quantitative estimate of drug-likeness (QED) is 0.440. The van der Waals surface area contributed by atoms with Crippen LogP contribution in [0.4, 0.5) is 0 Å². The Balaban J connectivity index is 2.29. The number of aliphatic hydroxyl groups excluding tert-OH is 2. The summed E-state index contributed by atoms with van der Waals surface area (Å²) in [5, 5.41) is 19.1. The van der Waals surface area contributed by atoms with Crippen molar-refractivity contribution in [1.82, 2.24) is 0 Å². The number of rotatable bonds is 11. The first kappa shape index (κ1) is 18.4. The minimum Gasteiger partial charge on any atom is -0.396 e. The molecule has 1 saturated carbocycles. The van der Waals surface area contributed by atoms with E-state index in [1.165, 1.54) is 38.5 Å². The van der Waals surface area contributed by atoms with Crippen LogP contribution in [0.1, 0.15) is 58.3 Å². The molecule has 0 aliphatic heterocycles. The molecule has 0 aromatic rings. The van der Waals surface area contributed by atoms with Crippen LogP contribution in [0.2, 0.25) is 0 Å². The zero-order chi connectivity index (χ0) is 15.5. The normalized spacial score (nSPS) is 29.3. The van der Waals surface area contributed by atoms with Crippen molar-refractivity contribution in [1.29, 1.82) is 0 Å². The number of aliphatic hydroxyl groups is 2. The van der Waals surface area contributed by atoms with E-state index in [1.54, 1.807) is 0 Å². The fraction of sp³-hybridized carbons (Fsp3) is 0.789. The first-order chi connectivity index (χ1) is 10.3. The van der Waals surface area contributed by atoms with Crippen LogP contribution in [0, 0.1) is 23.7 Å². The second-order valence-corrected chi connectivity index (χ2v) is 6.48. The molecule has 2 heteroatoms. The average Bonchev–Trinajstić information content (AvgIpc) is 2.86. The molecule has 0 heterocycles. The SMILES string of the molecule is C=C[C@@H]1C[C@H](/C=C\CCCCCCCC)[C@@H](CO)[C@H]1CO. The zero-order valence-electron chi connectivity index (χ0n) is 13.7. The van der Waals surface area contributed by atoms with Crippen LogP contribution in [0.25, 0.3) is 0 Å². The molecule has 0 radical (unpaired) electrons. The van der Waals surface area contributed by atoms with Crippen molar-refractivity contribution in [3.63, 3.8) is 0 Å². The summed E-state index contributed by atoms with van der Waals surface area (Å²) < 4.78 is 0. The van der Waals surface area contributed by atoms with Gasteiger partial charge < -0.3 is 10.2 Å². The highest BCUT2D eigenvalue weighted by atomic mass is 16.3. The maximum absolute atomic E-state index is 9.60. The third kappa shape index (κ3) is 5.96. The van der Waals surface area contributed by atoms with Gasteiger partial charge in [-0.05, 0) is 42.9 Å². The minimum atomic E-state index is 0.156. The van der Waals surface area contributed by atoms with Gasteiger partial charge in [0.1, 0.15) is 0 Å². The van der Waals surface area contributed by atoms with Gasteiger partial charge in [-0.1, -0.05) is 57.3 Å². The molecule has 0 amide bonds. The van der Waals surface area contributed by atoms with Gasteiger partial charge in [0, 0.05) is 13.2 Å². The molecule has 122 valence electrons. The fourth-order valence-corrected chi connectivity index (χ4v) is 3.65. The topological polar surface area (TPSA) is 40.5 Å². The van der Waals surface area contributed by atoms with Gasteiger partial charge in [0.05, 0.1) is 0 Å². The van der Waals surface area contributed by atoms with Crippen LogP contribution >= 0.6 is 0 Å². The summed E-state index contributed by atoms with van der Waals surface area (Å²) in [4.78, 5) is 0. The number of allylic oxidation sites excluding steroid dienone is 3. The lowest BCUT2D eigenvalue weighted by Crippen LogP contribution is -2.23. The second-order valence-electron chi connectivity index (χ2n) is 6.48. The van der Waals surface area contributed by atoms with Crippen molar-refractivity contribution in [2.75, 3.05) is 13.2 Å². The molecule has 2 nitrogen and oxygen atoms in total. The molecular formula is C19H34O2. The summed E-state index contributed by atoms with van der Waals surface area (Å²) in [6.07, 6.45) is 16.7. The molecule has 2 N–H and O–H groups in total. The van der Waals surface area contributed by atoms with E-state index in [0.29, 0.717) is 11.8 Å². The Morgan fingerprint density at radius 3 is 2.19 bits per heavy atom. The van der Waals surface area contributed by atoms with Crippen molar-refractivity contribution < 1.29 is 10.2 Å². The molecule has 0 bridgehead atoms. The van der Waals surface area contributed by atoms with E-state index in [0.717, 1.165) is 12.8 Å². The Hall–Kier alpha value is -0.600. The van der Waals surface area contributed by atoms with Gasteiger partial charge in [0.15, 0.2) is 0 Å². The van der Waals surface area contributed by atoms with Gasteiger partial charge in [-0.2, -0.15) is 0 Å². The van der Waals surface area contributed by atoms with Gasteiger partial charge in [-0.25, -0.2) is 0 Å². The molecule has 0 saturated heterocycles. The van der Waals surface area contributed by atoms with Crippen LogP contribution < -0.4 is 0 Å². The van der Waals surface area contributed by atoms with Gasteiger partial charge in [0.2, 0.25) is 0 Å². The van der Waals surface area contributed by atoms with Gasteiger partial charge >= 0.3 is 0 Å². The third-order valence-corrected chi connectivity index (χ3v) is 5.03. The summed E-state index contributed by atoms with van der Waals surface area (Å²) in [6, 6.07) is 0. The van der Waals surface area contributed by atoms with Crippen LogP contribution in [-0.4, -0.2) is 23.4 Å². The molecule has 0 aromatic heterocycles. The van der Waals surface area contributed by atoms with Crippen molar-refractivity contribution in [3.8, 4) is 0 Å². The Morgan fingerprint density at radius 2 is 1.57 bits per heavy atom. The summed E-state index contributed by atoms with van der Waals surface area (Å²) >= 11 is 0. The lowest BCUT2D eigenvalue weighted by molar-refractivity contribution is 0.117. The summed E-state index contributed by atoms with van der Waals surface area (Å²) in [6.45, 7) is 6.45. The smallest absolute Gasteiger partial charge is 0.0468 e. The van der Waals surface area contributed by atoms with Crippen LogP contribution in [-0.2, 0) is 0 Å². The van der Waals surface area contributed by atoms with Crippen LogP contribution in [0.15, 0.2) is 24.8 Å². The summed E-state index contributed by atoms with van der Waals surface area (Å²) in [5.41, 5.74) is 0. The molecule has 4 atom stereocenters. The maximum Gasteiger partial charge on any atom is 0.0468 e. The van der Waals surface area contributed by atoms with E-state index in [9.17, 15) is 10.2 Å². The van der Waals surface area contributed by atoms with Gasteiger partial charge in [-0.15, -0.1) is 6.58 Å². The minimum absolute atomic E-state index is 0.156. The lowest BCUT2D eigenvalue weighted by atomic mass is 9.88. The summed E-state index contributed by atoms with van der Waals surface area (Å²) in [5.74, 6) is 1.11. The van der Waals surface area contributed by atoms with Crippen LogP contribution in [0.3, 0.4) is 0 Å². The monoisotopic (exact) mass is 294 g/mol. The highest BCUT2D eigenvalue weighted by Gasteiger charge is 2.39. The molecule has 1 fully saturated rings. The van der Waals surface area contributed by atoms with Crippen molar-refractivity contribution in [3.05, 3.63) is 24.8 Å². The van der Waals surface area contributed by atoms with Crippen LogP contribution in [0.5, 0.6) is 0 Å². The number of unbranched alkanes of at least 4 members (excludes halogenated alkanes) is 6. The molecule has 1 rings (SSSR count). The standard InChI is InChI=1S/C19H34O2/c1-3-5-6-7-8-9-10-11-12-17-13-16(4-2)18(14-20)19(17)15-21/h4,11-12,16-21H,2-3,5-10,13-15H2,1H3/b12-11-/t16-,17+,18+,19-/m1/s1. The molecule has 0 aromatic carbocycles. The Bertz CT molecular complexity index is 298. The molecule has 0 unspecified atom stereocenters. The van der Waals surface area contributed by atoms with E-state index < -0.39 is 0 Å². The molecule has 1 aliphatic rings. The van der Waals surface area contributed by atoms with E-state index in [2.05, 4.69) is 25.7 Å². The predicted octanol–water partition coefficient (Wildman–Crippen LogP) is 4.33. The van der Waals surface area contributed by atoms with Crippen molar-refractivity contribution in [2.24, 2.45) is 23.7 Å². The molecule has 1 aliphatic carbocycles. The molecule has 0 spiro atoms. The lowest BCUT2D eigenvalue weighted by Gasteiger charge is -2.20. The fourth-order valence-electron chi connectivity index (χ4n) is 3.65. The maximum atomic E-state index is 9.60. The highest BCUT2D eigenvalue weighted by Crippen LogP contribution is 2.42. The Kier molecular flexibility index (Phi) is 9.69. The summed E-state index contributed by atoms with van der Waals surface area (Å²) in [7, 11) is 0. The number of hydrogen-bond donors (Lipinski definition) is 2. The molecule has 21 heavy (non-hydrogen) atoms. The highest BCUT2D eigenvalue weighted by molar-refractivity contribution is 5.04. The molecular weight excluding hydrogens is 260 g/mol. The first-order valence-electron chi connectivity index (χ1n) is 8.79. The second kappa shape index (κ2) is 11.0. The van der Waals surface area contributed by atoms with E-state index in [4.69, 9.17) is 0 Å². The Morgan fingerprint density at radius 1 is 0.952 bits per heavy atom. The predicted molar refractivity (Wildman–Crippen MR) is 90.1 cm³/mol. The van der Waals surface area contributed by atoms with E-state index in [1.807, 2.05) is 6.08 Å². The first-order valence-corrected chi connectivity index (χ1v) is 8.79. The van der Waals surface area contributed by atoms with Gasteiger partial charge in [0.25, 0.3) is 0 Å². The largest absolute Gasteiger partial charge is 0.396 e.